The van der Waals surface area contributed by atoms with Gasteiger partial charge in [0, 0.05) is 21.2 Å². The van der Waals surface area contributed by atoms with Crippen molar-refractivity contribution < 1.29 is 0 Å². The first-order valence-electron chi connectivity index (χ1n) is 8.35. The van der Waals surface area contributed by atoms with E-state index in [1.807, 2.05) is 11.8 Å². The molecule has 21 heavy (non-hydrogen) atoms. The zero-order chi connectivity index (χ0) is 15.1. The van der Waals surface area contributed by atoms with Crippen molar-refractivity contribution in [2.75, 3.05) is 12.3 Å². The van der Waals surface area contributed by atoms with E-state index in [0.29, 0.717) is 6.04 Å². The lowest BCUT2D eigenvalue weighted by molar-refractivity contribution is 0.229. The largest absolute Gasteiger partial charge is 0.313 e. The maximum absolute atomic E-state index is 3.74. The Kier molecular flexibility index (Phi) is 7.62. The van der Waals surface area contributed by atoms with Gasteiger partial charge in [-0.15, -0.1) is 11.8 Å². The standard InChI is InChI=1S/C18H28BrNS/c1-3-14-9-11-15(12-10-14)17(20-4-2)13-21-18-8-6-5-7-16(18)19/h5-8,14-15,17,20H,3-4,9-13H2,1-2H3. The van der Waals surface area contributed by atoms with E-state index >= 15 is 0 Å². The van der Waals surface area contributed by atoms with Crippen LogP contribution in [0.2, 0.25) is 0 Å². The predicted octanol–water partition coefficient (Wildman–Crippen LogP) is 5.74. The van der Waals surface area contributed by atoms with E-state index in [9.17, 15) is 0 Å². The fourth-order valence-corrected chi connectivity index (χ4v) is 5.12. The van der Waals surface area contributed by atoms with Crippen LogP contribution >= 0.6 is 27.7 Å². The summed E-state index contributed by atoms with van der Waals surface area (Å²) < 4.78 is 1.22. The minimum absolute atomic E-state index is 0.657. The summed E-state index contributed by atoms with van der Waals surface area (Å²) in [5.41, 5.74) is 0. The summed E-state index contributed by atoms with van der Waals surface area (Å²) in [6, 6.07) is 9.22. The monoisotopic (exact) mass is 369 g/mol. The first-order valence-corrected chi connectivity index (χ1v) is 10.1. The summed E-state index contributed by atoms with van der Waals surface area (Å²) in [4.78, 5) is 1.36. The Bertz CT molecular complexity index is 415. The molecule has 0 saturated heterocycles. The summed E-state index contributed by atoms with van der Waals surface area (Å²) in [6.45, 7) is 5.65. The molecule has 1 saturated carbocycles. The van der Waals surface area contributed by atoms with Crippen LogP contribution in [-0.2, 0) is 0 Å². The summed E-state index contributed by atoms with van der Waals surface area (Å²) in [5.74, 6) is 3.03. The van der Waals surface area contributed by atoms with Crippen LogP contribution in [-0.4, -0.2) is 18.3 Å². The van der Waals surface area contributed by atoms with Crippen LogP contribution in [0.5, 0.6) is 0 Å². The molecule has 1 atom stereocenters. The van der Waals surface area contributed by atoms with Crippen LogP contribution in [0, 0.1) is 11.8 Å². The van der Waals surface area contributed by atoms with Gasteiger partial charge in [-0.25, -0.2) is 0 Å². The van der Waals surface area contributed by atoms with E-state index in [0.717, 1.165) is 18.4 Å². The number of benzene rings is 1. The Morgan fingerprint density at radius 1 is 1.19 bits per heavy atom. The van der Waals surface area contributed by atoms with Gasteiger partial charge in [0.05, 0.1) is 0 Å². The van der Waals surface area contributed by atoms with Crippen molar-refractivity contribution in [3.05, 3.63) is 28.7 Å². The van der Waals surface area contributed by atoms with Gasteiger partial charge >= 0.3 is 0 Å². The first kappa shape index (κ1) is 17.4. The van der Waals surface area contributed by atoms with E-state index < -0.39 is 0 Å². The molecule has 0 aliphatic heterocycles. The molecular weight excluding hydrogens is 342 g/mol. The summed E-state index contributed by atoms with van der Waals surface area (Å²) >= 11 is 5.64. The van der Waals surface area contributed by atoms with Gasteiger partial charge in [0.25, 0.3) is 0 Å². The SMILES string of the molecule is CCNC(CSc1ccccc1Br)C1CCC(CC)CC1. The molecule has 1 unspecified atom stereocenters. The molecule has 0 aromatic heterocycles. The van der Waals surface area contributed by atoms with Crippen LogP contribution in [0.1, 0.15) is 46.0 Å². The molecule has 1 fully saturated rings. The molecular formula is C18H28BrNS. The Hall–Kier alpha value is 0.01000. The number of halogens is 1. The normalized spacial score (nSPS) is 24.0. The molecule has 1 aromatic carbocycles. The molecule has 0 heterocycles. The minimum Gasteiger partial charge on any atom is -0.313 e. The zero-order valence-electron chi connectivity index (χ0n) is 13.3. The lowest BCUT2D eigenvalue weighted by Gasteiger charge is -2.34. The van der Waals surface area contributed by atoms with Crippen molar-refractivity contribution >= 4 is 27.7 Å². The second-order valence-electron chi connectivity index (χ2n) is 6.09. The first-order chi connectivity index (χ1) is 10.2. The molecule has 0 radical (unpaired) electrons. The lowest BCUT2D eigenvalue weighted by atomic mass is 9.78. The molecule has 2 rings (SSSR count). The topological polar surface area (TPSA) is 12.0 Å². The fourth-order valence-electron chi connectivity index (χ4n) is 3.36. The average Bonchev–Trinajstić information content (AvgIpc) is 2.53. The van der Waals surface area contributed by atoms with Crippen molar-refractivity contribution in [3.8, 4) is 0 Å². The molecule has 0 spiro atoms. The van der Waals surface area contributed by atoms with Crippen LogP contribution in [0.25, 0.3) is 0 Å². The third-order valence-corrected chi connectivity index (χ3v) is 6.91. The molecule has 1 aromatic rings. The highest BCUT2D eigenvalue weighted by molar-refractivity contribution is 9.10. The van der Waals surface area contributed by atoms with E-state index in [1.165, 1.54) is 47.2 Å². The quantitative estimate of drug-likeness (QED) is 0.615. The second-order valence-corrected chi connectivity index (χ2v) is 8.01. The molecule has 1 aliphatic carbocycles. The Morgan fingerprint density at radius 2 is 1.90 bits per heavy atom. The highest BCUT2D eigenvalue weighted by atomic mass is 79.9. The summed E-state index contributed by atoms with van der Waals surface area (Å²) in [7, 11) is 0. The van der Waals surface area contributed by atoms with Crippen LogP contribution in [0.3, 0.4) is 0 Å². The molecule has 118 valence electrons. The molecule has 0 amide bonds. The molecule has 0 bridgehead atoms. The van der Waals surface area contributed by atoms with Gasteiger partial charge in [-0.3, -0.25) is 0 Å². The lowest BCUT2D eigenvalue weighted by Crippen LogP contribution is -2.40. The average molecular weight is 370 g/mol. The van der Waals surface area contributed by atoms with Gasteiger partial charge in [-0.05, 0) is 59.3 Å². The third-order valence-electron chi connectivity index (χ3n) is 4.76. The van der Waals surface area contributed by atoms with Crippen LogP contribution in [0.15, 0.2) is 33.6 Å². The van der Waals surface area contributed by atoms with Crippen molar-refractivity contribution in [2.45, 2.75) is 56.9 Å². The Balaban J connectivity index is 1.89. The van der Waals surface area contributed by atoms with E-state index in [1.54, 1.807) is 0 Å². The zero-order valence-corrected chi connectivity index (χ0v) is 15.7. The highest BCUT2D eigenvalue weighted by Gasteiger charge is 2.26. The number of rotatable bonds is 7. The number of thioether (sulfide) groups is 1. The van der Waals surface area contributed by atoms with Gasteiger partial charge in [-0.2, -0.15) is 0 Å². The number of hydrogen-bond acceptors (Lipinski definition) is 2. The number of hydrogen-bond donors (Lipinski definition) is 1. The maximum atomic E-state index is 3.74. The van der Waals surface area contributed by atoms with Crippen LogP contribution < -0.4 is 5.32 Å². The molecule has 1 N–H and O–H groups in total. The smallest absolute Gasteiger partial charge is 0.0311 e. The Labute approximate surface area is 142 Å². The Morgan fingerprint density at radius 3 is 2.52 bits per heavy atom. The fraction of sp³-hybridized carbons (Fsp3) is 0.667. The van der Waals surface area contributed by atoms with E-state index in [2.05, 4.69) is 59.4 Å². The van der Waals surface area contributed by atoms with Gasteiger partial charge in [0.15, 0.2) is 0 Å². The third kappa shape index (κ3) is 5.30. The summed E-state index contributed by atoms with van der Waals surface area (Å²) in [5, 5.41) is 3.74. The van der Waals surface area contributed by atoms with E-state index in [-0.39, 0.29) is 0 Å². The van der Waals surface area contributed by atoms with Gasteiger partial charge in [-0.1, -0.05) is 45.2 Å². The summed E-state index contributed by atoms with van der Waals surface area (Å²) in [6.07, 6.45) is 7.05. The number of nitrogens with one attached hydrogen (secondary N) is 1. The van der Waals surface area contributed by atoms with Crippen molar-refractivity contribution in [1.82, 2.24) is 5.32 Å². The molecule has 1 nitrogen and oxygen atoms in total. The van der Waals surface area contributed by atoms with Gasteiger partial charge < -0.3 is 5.32 Å². The maximum Gasteiger partial charge on any atom is 0.0311 e. The molecule has 1 aliphatic rings. The van der Waals surface area contributed by atoms with Crippen molar-refractivity contribution in [1.29, 1.82) is 0 Å². The van der Waals surface area contributed by atoms with Crippen LogP contribution in [0.4, 0.5) is 0 Å². The minimum atomic E-state index is 0.657. The molecule has 3 heteroatoms. The van der Waals surface area contributed by atoms with E-state index in [4.69, 9.17) is 0 Å². The van der Waals surface area contributed by atoms with Gasteiger partial charge in [0.2, 0.25) is 0 Å². The highest BCUT2D eigenvalue weighted by Crippen LogP contribution is 2.35. The van der Waals surface area contributed by atoms with Crippen molar-refractivity contribution in [3.63, 3.8) is 0 Å². The van der Waals surface area contributed by atoms with Crippen molar-refractivity contribution in [2.24, 2.45) is 11.8 Å². The van der Waals surface area contributed by atoms with Gasteiger partial charge in [0.1, 0.15) is 0 Å². The second kappa shape index (κ2) is 9.22. The predicted molar refractivity (Wildman–Crippen MR) is 98.1 cm³/mol.